The lowest BCUT2D eigenvalue weighted by Gasteiger charge is -2.36. The van der Waals surface area contributed by atoms with Gasteiger partial charge >= 0.3 is 0 Å². The highest BCUT2D eigenvalue weighted by Crippen LogP contribution is 2.51. The zero-order valence-electron chi connectivity index (χ0n) is 10.1. The summed E-state index contributed by atoms with van der Waals surface area (Å²) in [5.74, 6) is 2.54. The summed E-state index contributed by atoms with van der Waals surface area (Å²) in [6.45, 7) is 11.9. The van der Waals surface area contributed by atoms with Crippen LogP contribution >= 0.6 is 22.5 Å². The SMILES string of the molecule is CC(C)C1C(SS)CCC1C(C)(C)C. The molecular formula is C12H24S2. The molecule has 0 aromatic rings. The van der Waals surface area contributed by atoms with Gasteiger partial charge in [-0.2, -0.15) is 0 Å². The highest BCUT2D eigenvalue weighted by molar-refractivity contribution is 8.68. The molecule has 1 aliphatic carbocycles. The lowest BCUT2D eigenvalue weighted by molar-refractivity contribution is 0.154. The number of thiol groups is 1. The normalized spacial score (nSPS) is 34.1. The van der Waals surface area contributed by atoms with E-state index in [1.165, 1.54) is 12.8 Å². The highest BCUT2D eigenvalue weighted by Gasteiger charge is 2.43. The zero-order chi connectivity index (χ0) is 10.9. The molecule has 0 nitrogen and oxygen atoms in total. The van der Waals surface area contributed by atoms with Crippen molar-refractivity contribution in [3.05, 3.63) is 0 Å². The van der Waals surface area contributed by atoms with Gasteiger partial charge in [0.15, 0.2) is 0 Å². The van der Waals surface area contributed by atoms with E-state index < -0.39 is 0 Å². The van der Waals surface area contributed by atoms with Gasteiger partial charge in [0.25, 0.3) is 0 Å². The van der Waals surface area contributed by atoms with Crippen LogP contribution in [0.2, 0.25) is 0 Å². The van der Waals surface area contributed by atoms with Crippen molar-refractivity contribution in [2.75, 3.05) is 0 Å². The summed E-state index contributed by atoms with van der Waals surface area (Å²) in [7, 11) is 1.78. The summed E-state index contributed by atoms with van der Waals surface area (Å²) in [6.07, 6.45) is 2.75. The first-order chi connectivity index (χ1) is 6.38. The minimum atomic E-state index is 0.465. The molecule has 2 heteroatoms. The monoisotopic (exact) mass is 232 g/mol. The summed E-state index contributed by atoms with van der Waals surface area (Å²) < 4.78 is 0. The third-order valence-corrected chi connectivity index (χ3v) is 5.31. The van der Waals surface area contributed by atoms with Crippen molar-refractivity contribution in [2.24, 2.45) is 23.2 Å². The molecule has 1 rings (SSSR count). The molecule has 0 heterocycles. The Morgan fingerprint density at radius 1 is 1.21 bits per heavy atom. The highest BCUT2D eigenvalue weighted by atomic mass is 33.1. The van der Waals surface area contributed by atoms with Gasteiger partial charge in [0.05, 0.1) is 0 Å². The van der Waals surface area contributed by atoms with Gasteiger partial charge in [-0.05, 0) is 36.0 Å². The Kier molecular flexibility index (Phi) is 4.28. The molecule has 14 heavy (non-hydrogen) atoms. The van der Waals surface area contributed by atoms with Gasteiger partial charge in [0.1, 0.15) is 0 Å². The lowest BCUT2D eigenvalue weighted by Crippen LogP contribution is -2.30. The molecule has 0 amide bonds. The van der Waals surface area contributed by atoms with E-state index in [4.69, 9.17) is 0 Å². The van der Waals surface area contributed by atoms with Crippen molar-refractivity contribution >= 4 is 22.5 Å². The largest absolute Gasteiger partial charge is 0.111 e. The predicted molar refractivity (Wildman–Crippen MR) is 70.9 cm³/mol. The van der Waals surface area contributed by atoms with Crippen LogP contribution < -0.4 is 0 Å². The Labute approximate surface area is 98.4 Å². The molecule has 84 valence electrons. The third-order valence-electron chi connectivity index (χ3n) is 3.67. The van der Waals surface area contributed by atoms with Crippen LogP contribution in [-0.4, -0.2) is 5.25 Å². The van der Waals surface area contributed by atoms with Crippen LogP contribution in [0.15, 0.2) is 0 Å². The molecular weight excluding hydrogens is 208 g/mol. The first-order valence-corrected chi connectivity index (χ1v) is 7.61. The predicted octanol–water partition coefficient (Wildman–Crippen LogP) is 4.66. The van der Waals surface area contributed by atoms with Crippen LogP contribution in [0.3, 0.4) is 0 Å². The van der Waals surface area contributed by atoms with E-state index in [2.05, 4.69) is 46.3 Å². The number of rotatable bonds is 2. The van der Waals surface area contributed by atoms with E-state index in [1.54, 1.807) is 10.8 Å². The van der Waals surface area contributed by atoms with E-state index in [-0.39, 0.29) is 0 Å². The van der Waals surface area contributed by atoms with Gasteiger partial charge in [0.2, 0.25) is 0 Å². The number of hydrogen-bond donors (Lipinski definition) is 1. The molecule has 3 atom stereocenters. The second-order valence-electron chi connectivity index (χ2n) is 6.02. The first kappa shape index (κ1) is 12.8. The maximum absolute atomic E-state index is 4.42. The quantitative estimate of drug-likeness (QED) is 0.533. The second kappa shape index (κ2) is 4.69. The standard InChI is InChI=1S/C12H24S2/c1-8(2)11-9(12(3,4)5)6-7-10(11)14-13/h8-11,13H,6-7H2,1-5H3. The van der Waals surface area contributed by atoms with Crippen LogP contribution in [0.25, 0.3) is 0 Å². The Morgan fingerprint density at radius 2 is 1.79 bits per heavy atom. The van der Waals surface area contributed by atoms with Crippen LogP contribution in [0.1, 0.15) is 47.5 Å². The Bertz CT molecular complexity index is 181. The summed E-state index contributed by atoms with van der Waals surface area (Å²) >= 11 is 4.42. The Morgan fingerprint density at radius 3 is 2.14 bits per heavy atom. The van der Waals surface area contributed by atoms with Crippen LogP contribution in [0.4, 0.5) is 0 Å². The topological polar surface area (TPSA) is 0 Å². The van der Waals surface area contributed by atoms with Gasteiger partial charge in [-0.15, -0.1) is 11.7 Å². The lowest BCUT2D eigenvalue weighted by atomic mass is 9.71. The van der Waals surface area contributed by atoms with Crippen molar-refractivity contribution in [3.63, 3.8) is 0 Å². The summed E-state index contributed by atoms with van der Waals surface area (Å²) in [4.78, 5) is 0. The van der Waals surface area contributed by atoms with E-state index in [1.807, 2.05) is 0 Å². The molecule has 0 aromatic carbocycles. The number of hydrogen-bond acceptors (Lipinski definition) is 2. The van der Waals surface area contributed by atoms with E-state index in [9.17, 15) is 0 Å². The molecule has 1 aliphatic rings. The molecule has 0 aliphatic heterocycles. The van der Waals surface area contributed by atoms with Gasteiger partial charge in [-0.1, -0.05) is 45.4 Å². The van der Waals surface area contributed by atoms with E-state index in [0.717, 1.165) is 23.0 Å². The minimum absolute atomic E-state index is 0.465. The van der Waals surface area contributed by atoms with Gasteiger partial charge in [-0.3, -0.25) is 0 Å². The molecule has 1 fully saturated rings. The van der Waals surface area contributed by atoms with Crippen molar-refractivity contribution < 1.29 is 0 Å². The Hall–Kier alpha value is 0.700. The van der Waals surface area contributed by atoms with Crippen molar-refractivity contribution in [1.82, 2.24) is 0 Å². The van der Waals surface area contributed by atoms with E-state index in [0.29, 0.717) is 5.41 Å². The summed E-state index contributed by atoms with van der Waals surface area (Å²) in [5, 5.41) is 0.780. The fraction of sp³-hybridized carbons (Fsp3) is 1.00. The van der Waals surface area contributed by atoms with Crippen molar-refractivity contribution in [3.8, 4) is 0 Å². The molecule has 0 bridgehead atoms. The average molecular weight is 232 g/mol. The molecule has 0 aromatic heterocycles. The molecule has 0 radical (unpaired) electrons. The third kappa shape index (κ3) is 2.63. The second-order valence-corrected chi connectivity index (χ2v) is 7.46. The van der Waals surface area contributed by atoms with Crippen LogP contribution in [0.5, 0.6) is 0 Å². The van der Waals surface area contributed by atoms with Gasteiger partial charge in [-0.25, -0.2) is 0 Å². The molecule has 0 spiro atoms. The van der Waals surface area contributed by atoms with Gasteiger partial charge < -0.3 is 0 Å². The van der Waals surface area contributed by atoms with Gasteiger partial charge in [0, 0.05) is 5.25 Å². The fourth-order valence-electron chi connectivity index (χ4n) is 3.02. The van der Waals surface area contributed by atoms with Crippen molar-refractivity contribution in [1.29, 1.82) is 0 Å². The summed E-state index contributed by atoms with van der Waals surface area (Å²) in [6, 6.07) is 0. The fourth-order valence-corrected chi connectivity index (χ4v) is 4.64. The molecule has 0 N–H and O–H groups in total. The molecule has 3 unspecified atom stereocenters. The zero-order valence-corrected chi connectivity index (χ0v) is 11.8. The first-order valence-electron chi connectivity index (χ1n) is 5.68. The minimum Gasteiger partial charge on any atom is -0.111 e. The molecule has 0 saturated heterocycles. The Balaban J connectivity index is 2.78. The van der Waals surface area contributed by atoms with Crippen LogP contribution in [-0.2, 0) is 0 Å². The van der Waals surface area contributed by atoms with E-state index >= 15 is 0 Å². The van der Waals surface area contributed by atoms with Crippen molar-refractivity contribution in [2.45, 2.75) is 52.7 Å². The van der Waals surface area contributed by atoms with Crippen LogP contribution in [0, 0.1) is 23.2 Å². The smallest absolute Gasteiger partial charge is 0.0182 e. The molecule has 1 saturated carbocycles. The maximum atomic E-state index is 4.42. The average Bonchev–Trinajstić information content (AvgIpc) is 2.45. The maximum Gasteiger partial charge on any atom is 0.0182 e. The summed E-state index contributed by atoms with van der Waals surface area (Å²) in [5.41, 5.74) is 0.465.